The summed E-state index contributed by atoms with van der Waals surface area (Å²) >= 11 is 0. The normalized spacial score (nSPS) is 12.6. The summed E-state index contributed by atoms with van der Waals surface area (Å²) < 4.78 is 11.2. The Kier molecular flexibility index (Phi) is 6.72. The fourth-order valence-corrected chi connectivity index (χ4v) is 1.76. The van der Waals surface area contributed by atoms with Gasteiger partial charge in [0.2, 0.25) is 0 Å². The van der Waals surface area contributed by atoms with Crippen LogP contribution in [0, 0.1) is 0 Å². The van der Waals surface area contributed by atoms with Crippen molar-refractivity contribution in [3.8, 4) is 0 Å². The van der Waals surface area contributed by atoms with E-state index >= 15 is 0 Å². The van der Waals surface area contributed by atoms with Gasteiger partial charge in [-0.15, -0.1) is 0 Å². The maximum absolute atomic E-state index is 5.61. The van der Waals surface area contributed by atoms with E-state index in [1.54, 1.807) is 0 Å². The van der Waals surface area contributed by atoms with Crippen LogP contribution in [0.5, 0.6) is 0 Å². The molecule has 1 aromatic heterocycles. The highest BCUT2D eigenvalue weighted by Gasteiger charge is 2.10. The quantitative estimate of drug-likeness (QED) is 0.795. The lowest BCUT2D eigenvalue weighted by Gasteiger charge is -2.19. The highest BCUT2D eigenvalue weighted by atomic mass is 16.5. The van der Waals surface area contributed by atoms with Crippen molar-refractivity contribution in [2.24, 2.45) is 0 Å². The van der Waals surface area contributed by atoms with Crippen molar-refractivity contribution in [3.05, 3.63) is 23.7 Å². The molecule has 0 aliphatic rings. The monoisotopic (exact) mass is 282 g/mol. The van der Waals surface area contributed by atoms with Gasteiger partial charge in [0.15, 0.2) is 0 Å². The molecular weight excluding hydrogens is 252 g/mol. The van der Waals surface area contributed by atoms with E-state index < -0.39 is 0 Å². The van der Waals surface area contributed by atoms with Crippen LogP contribution in [0.4, 0.5) is 0 Å². The van der Waals surface area contributed by atoms with Crippen LogP contribution in [-0.2, 0) is 17.8 Å². The topological polar surface area (TPSA) is 37.6 Å². The van der Waals surface area contributed by atoms with E-state index in [2.05, 4.69) is 57.9 Å². The van der Waals surface area contributed by atoms with Crippen molar-refractivity contribution >= 4 is 0 Å². The number of furan rings is 1. The van der Waals surface area contributed by atoms with Crippen LogP contribution < -0.4 is 5.32 Å². The molecule has 0 fully saturated rings. The molecule has 1 rings (SSSR count). The highest BCUT2D eigenvalue weighted by Crippen LogP contribution is 2.11. The first-order chi connectivity index (χ1) is 9.26. The number of likely N-dealkylation sites (N-methyl/N-ethyl adjacent to an activating group) is 1. The van der Waals surface area contributed by atoms with Gasteiger partial charge in [0.05, 0.1) is 25.5 Å². The van der Waals surface area contributed by atoms with Crippen molar-refractivity contribution in [2.45, 2.75) is 59.4 Å². The fourth-order valence-electron chi connectivity index (χ4n) is 1.76. The molecule has 1 heterocycles. The van der Waals surface area contributed by atoms with Gasteiger partial charge in [0.1, 0.15) is 5.76 Å². The third-order valence-electron chi connectivity index (χ3n) is 2.88. The maximum Gasteiger partial charge on any atom is 0.118 e. The average Bonchev–Trinajstić information content (AvgIpc) is 2.72. The van der Waals surface area contributed by atoms with Crippen molar-refractivity contribution in [1.82, 2.24) is 10.2 Å². The largest absolute Gasteiger partial charge is 0.468 e. The molecule has 0 saturated heterocycles. The first-order valence-electron chi connectivity index (χ1n) is 7.38. The minimum Gasteiger partial charge on any atom is -0.468 e. The van der Waals surface area contributed by atoms with Gasteiger partial charge in [0.25, 0.3) is 0 Å². The van der Waals surface area contributed by atoms with Gasteiger partial charge >= 0.3 is 0 Å². The highest BCUT2D eigenvalue weighted by molar-refractivity contribution is 5.12. The number of nitrogens with one attached hydrogen (secondary N) is 1. The zero-order valence-electron chi connectivity index (χ0n) is 13.8. The summed E-state index contributed by atoms with van der Waals surface area (Å²) in [5.74, 6) is 1.00. The molecular formula is C16H30N2O2. The summed E-state index contributed by atoms with van der Waals surface area (Å²) in [5, 5.41) is 3.46. The van der Waals surface area contributed by atoms with E-state index in [4.69, 9.17) is 9.15 Å². The third kappa shape index (κ3) is 7.68. The molecule has 1 N–H and O–H groups in total. The molecule has 0 radical (unpaired) electrons. The molecule has 0 spiro atoms. The lowest BCUT2D eigenvalue weighted by molar-refractivity contribution is 0.0616. The molecule has 4 heteroatoms. The molecule has 0 aliphatic carbocycles. The zero-order chi connectivity index (χ0) is 15.2. The molecule has 0 atom stereocenters. The summed E-state index contributed by atoms with van der Waals surface area (Å²) in [4.78, 5) is 2.21. The van der Waals surface area contributed by atoms with Gasteiger partial charge in [-0.05, 0) is 47.7 Å². The van der Waals surface area contributed by atoms with Gasteiger partial charge in [0, 0.05) is 24.2 Å². The Labute approximate surface area is 123 Å². The Bertz CT molecular complexity index is 380. The molecule has 0 bridgehead atoms. The van der Waals surface area contributed by atoms with Gasteiger partial charge in [-0.25, -0.2) is 0 Å². The molecule has 1 aromatic rings. The predicted octanol–water partition coefficient (Wildman–Crippen LogP) is 3.02. The molecule has 0 amide bonds. The van der Waals surface area contributed by atoms with E-state index in [9.17, 15) is 0 Å². The van der Waals surface area contributed by atoms with E-state index in [1.165, 1.54) is 5.56 Å². The molecule has 0 saturated carbocycles. The zero-order valence-corrected chi connectivity index (χ0v) is 13.8. The average molecular weight is 282 g/mol. The summed E-state index contributed by atoms with van der Waals surface area (Å²) in [7, 11) is 2.08. The van der Waals surface area contributed by atoms with Crippen molar-refractivity contribution in [3.63, 3.8) is 0 Å². The lowest BCUT2D eigenvalue weighted by atomic mass is 10.1. The molecule has 4 nitrogen and oxygen atoms in total. The van der Waals surface area contributed by atoms with Crippen molar-refractivity contribution < 1.29 is 9.15 Å². The number of nitrogens with zero attached hydrogens (tertiary/aromatic N) is 1. The maximum atomic E-state index is 5.61. The minimum absolute atomic E-state index is 0.127. The summed E-state index contributed by atoms with van der Waals surface area (Å²) in [6.45, 7) is 13.9. The van der Waals surface area contributed by atoms with Crippen LogP contribution in [0.1, 0.15) is 45.9 Å². The van der Waals surface area contributed by atoms with E-state index in [1.807, 2.05) is 6.26 Å². The molecule has 0 unspecified atom stereocenters. The van der Waals surface area contributed by atoms with Gasteiger partial charge in [-0.1, -0.05) is 0 Å². The van der Waals surface area contributed by atoms with Crippen LogP contribution in [0.15, 0.2) is 16.7 Å². The van der Waals surface area contributed by atoms with Crippen molar-refractivity contribution in [2.75, 3.05) is 20.2 Å². The summed E-state index contributed by atoms with van der Waals surface area (Å²) in [6.07, 6.45) is 2.13. The molecule has 116 valence electrons. The number of hydrogen-bond acceptors (Lipinski definition) is 4. The third-order valence-corrected chi connectivity index (χ3v) is 2.88. The number of hydrogen-bond donors (Lipinski definition) is 1. The van der Waals surface area contributed by atoms with Crippen LogP contribution in [0.25, 0.3) is 0 Å². The first kappa shape index (κ1) is 17.2. The van der Waals surface area contributed by atoms with Gasteiger partial charge in [-0.2, -0.15) is 0 Å². The predicted molar refractivity (Wildman–Crippen MR) is 82.7 cm³/mol. The smallest absolute Gasteiger partial charge is 0.118 e. The standard InChI is InChI=1S/C16H30N2O2/c1-13(2)19-8-7-18(6)11-15-9-14(12-20-15)10-17-16(3,4)5/h9,12-13,17H,7-8,10-11H2,1-6H3. The lowest BCUT2D eigenvalue weighted by Crippen LogP contribution is -2.34. The fraction of sp³-hybridized carbons (Fsp3) is 0.750. The van der Waals surface area contributed by atoms with Crippen LogP contribution in [-0.4, -0.2) is 36.7 Å². The van der Waals surface area contributed by atoms with E-state index in [0.717, 1.165) is 32.0 Å². The summed E-state index contributed by atoms with van der Waals surface area (Å²) in [6, 6.07) is 2.12. The first-order valence-corrected chi connectivity index (χ1v) is 7.38. The van der Waals surface area contributed by atoms with E-state index in [-0.39, 0.29) is 5.54 Å². The SMILES string of the molecule is CC(C)OCCN(C)Cc1cc(CNC(C)(C)C)co1. The number of ether oxygens (including phenoxy) is 1. The van der Waals surface area contributed by atoms with Crippen LogP contribution >= 0.6 is 0 Å². The van der Waals surface area contributed by atoms with Crippen molar-refractivity contribution in [1.29, 1.82) is 0 Å². The Morgan fingerprint density at radius 3 is 2.65 bits per heavy atom. The van der Waals surface area contributed by atoms with Crippen LogP contribution in [0.2, 0.25) is 0 Å². The second-order valence-corrected chi connectivity index (χ2v) is 6.68. The Hall–Kier alpha value is -0.840. The summed E-state index contributed by atoms with van der Waals surface area (Å²) in [5.41, 5.74) is 1.32. The second kappa shape index (κ2) is 7.81. The van der Waals surface area contributed by atoms with Crippen LogP contribution in [0.3, 0.4) is 0 Å². The minimum atomic E-state index is 0.127. The van der Waals surface area contributed by atoms with E-state index in [0.29, 0.717) is 6.10 Å². The van der Waals surface area contributed by atoms with Gasteiger partial charge in [-0.3, -0.25) is 4.90 Å². The second-order valence-electron chi connectivity index (χ2n) is 6.68. The Balaban J connectivity index is 2.32. The Morgan fingerprint density at radius 1 is 1.35 bits per heavy atom. The number of rotatable bonds is 8. The molecule has 0 aromatic carbocycles. The Morgan fingerprint density at radius 2 is 2.05 bits per heavy atom. The molecule has 20 heavy (non-hydrogen) atoms. The van der Waals surface area contributed by atoms with Gasteiger partial charge < -0.3 is 14.5 Å². The molecule has 0 aliphatic heterocycles.